The van der Waals surface area contributed by atoms with Gasteiger partial charge < -0.3 is 14.2 Å². The van der Waals surface area contributed by atoms with Crippen LogP contribution in [0.2, 0.25) is 0 Å². The fourth-order valence-corrected chi connectivity index (χ4v) is 4.19. The smallest absolute Gasteiger partial charge is 0.255 e. The van der Waals surface area contributed by atoms with E-state index in [-0.39, 0.29) is 18.3 Å². The molecule has 1 aromatic carbocycles. The second kappa shape index (κ2) is 9.30. The van der Waals surface area contributed by atoms with Gasteiger partial charge in [-0.2, -0.15) is 11.8 Å². The Balaban J connectivity index is 1.46. The zero-order valence-corrected chi connectivity index (χ0v) is 17.5. The summed E-state index contributed by atoms with van der Waals surface area (Å²) in [5.74, 6) is 2.75. The van der Waals surface area contributed by atoms with Crippen LogP contribution in [-0.4, -0.2) is 45.5 Å². The second-order valence-electron chi connectivity index (χ2n) is 6.87. The van der Waals surface area contributed by atoms with Crippen molar-refractivity contribution in [2.24, 2.45) is 0 Å². The van der Waals surface area contributed by atoms with Gasteiger partial charge in [0.1, 0.15) is 23.9 Å². The summed E-state index contributed by atoms with van der Waals surface area (Å²) < 4.78 is 24.5. The molecule has 0 unspecified atom stereocenters. The zero-order chi connectivity index (χ0) is 20.9. The number of amides is 1. The van der Waals surface area contributed by atoms with Gasteiger partial charge in [-0.1, -0.05) is 12.1 Å². The van der Waals surface area contributed by atoms with Crippen LogP contribution in [0.4, 0.5) is 4.39 Å². The van der Waals surface area contributed by atoms with Gasteiger partial charge in [0, 0.05) is 48.8 Å². The molecule has 30 heavy (non-hydrogen) atoms. The number of hydrogen-bond acceptors (Lipinski definition) is 6. The summed E-state index contributed by atoms with van der Waals surface area (Å²) in [6, 6.07) is 9.53. The van der Waals surface area contributed by atoms with Crippen LogP contribution in [0, 0.1) is 5.82 Å². The number of halogens is 1. The average Bonchev–Trinajstić information content (AvgIpc) is 3.21. The predicted octanol–water partition coefficient (Wildman–Crippen LogP) is 4.21. The quantitative estimate of drug-likeness (QED) is 0.587. The molecule has 0 N–H and O–H groups in total. The number of ether oxygens (including phenoxy) is 1. The van der Waals surface area contributed by atoms with Crippen molar-refractivity contribution in [3.8, 4) is 17.1 Å². The first-order chi connectivity index (χ1) is 14.7. The van der Waals surface area contributed by atoms with E-state index in [1.807, 2.05) is 23.6 Å². The Morgan fingerprint density at radius 1 is 1.20 bits per heavy atom. The van der Waals surface area contributed by atoms with E-state index in [2.05, 4.69) is 10.1 Å². The lowest BCUT2D eigenvalue weighted by Crippen LogP contribution is -2.37. The van der Waals surface area contributed by atoms with Crippen LogP contribution in [-0.2, 0) is 13.0 Å². The molecule has 0 aliphatic carbocycles. The summed E-state index contributed by atoms with van der Waals surface area (Å²) >= 11 is 1.86. The fraction of sp³-hybridized carbons (Fsp3) is 0.318. The Bertz CT molecular complexity index is 999. The first-order valence-electron chi connectivity index (χ1n) is 9.85. The van der Waals surface area contributed by atoms with Gasteiger partial charge >= 0.3 is 0 Å². The van der Waals surface area contributed by atoms with E-state index in [4.69, 9.17) is 9.26 Å². The Kier molecular flexibility index (Phi) is 6.32. The molecule has 3 heterocycles. The molecule has 156 valence electrons. The SMILES string of the molecule is CCc1onc(-c2ccc(F)cc2)c1COc1ccc(C(=O)N2CCSCC2)cn1. The summed E-state index contributed by atoms with van der Waals surface area (Å²) in [6.45, 7) is 3.71. The van der Waals surface area contributed by atoms with Crippen molar-refractivity contribution in [2.75, 3.05) is 24.6 Å². The highest BCUT2D eigenvalue weighted by Crippen LogP contribution is 2.27. The Hall–Kier alpha value is -2.87. The highest BCUT2D eigenvalue weighted by atomic mass is 32.2. The van der Waals surface area contributed by atoms with Crippen molar-refractivity contribution in [1.82, 2.24) is 15.0 Å². The van der Waals surface area contributed by atoms with Gasteiger partial charge in [-0.3, -0.25) is 4.79 Å². The Morgan fingerprint density at radius 2 is 1.97 bits per heavy atom. The van der Waals surface area contributed by atoms with Crippen molar-refractivity contribution in [2.45, 2.75) is 20.0 Å². The number of pyridine rings is 1. The molecule has 6 nitrogen and oxygen atoms in total. The van der Waals surface area contributed by atoms with Crippen molar-refractivity contribution < 1.29 is 18.4 Å². The monoisotopic (exact) mass is 427 g/mol. The van der Waals surface area contributed by atoms with Gasteiger partial charge in [0.2, 0.25) is 5.88 Å². The lowest BCUT2D eigenvalue weighted by atomic mass is 10.1. The molecule has 0 radical (unpaired) electrons. The van der Waals surface area contributed by atoms with Crippen LogP contribution in [0.25, 0.3) is 11.3 Å². The number of thioether (sulfide) groups is 1. The third-order valence-electron chi connectivity index (χ3n) is 4.95. The van der Waals surface area contributed by atoms with Gasteiger partial charge in [-0.25, -0.2) is 9.37 Å². The largest absolute Gasteiger partial charge is 0.473 e. The molecule has 0 saturated carbocycles. The zero-order valence-electron chi connectivity index (χ0n) is 16.6. The van der Waals surface area contributed by atoms with Crippen molar-refractivity contribution in [3.63, 3.8) is 0 Å². The van der Waals surface area contributed by atoms with Gasteiger partial charge in [-0.05, 0) is 30.3 Å². The van der Waals surface area contributed by atoms with E-state index >= 15 is 0 Å². The number of nitrogens with zero attached hydrogens (tertiary/aromatic N) is 3. The molecular weight excluding hydrogens is 405 g/mol. The predicted molar refractivity (Wildman–Crippen MR) is 113 cm³/mol. The second-order valence-corrected chi connectivity index (χ2v) is 8.10. The van der Waals surface area contributed by atoms with E-state index in [1.165, 1.54) is 12.1 Å². The molecule has 0 spiro atoms. The number of carbonyl (C=O) groups excluding carboxylic acids is 1. The first-order valence-corrected chi connectivity index (χ1v) is 11.0. The molecule has 1 aliphatic heterocycles. The summed E-state index contributed by atoms with van der Waals surface area (Å²) in [6.07, 6.45) is 2.20. The van der Waals surface area contributed by atoms with E-state index in [9.17, 15) is 9.18 Å². The van der Waals surface area contributed by atoms with E-state index < -0.39 is 0 Å². The summed E-state index contributed by atoms with van der Waals surface area (Å²) in [5, 5.41) is 4.14. The molecule has 1 fully saturated rings. The highest BCUT2D eigenvalue weighted by Gasteiger charge is 2.20. The van der Waals surface area contributed by atoms with Gasteiger partial charge in [0.25, 0.3) is 5.91 Å². The molecule has 8 heteroatoms. The lowest BCUT2D eigenvalue weighted by Gasteiger charge is -2.26. The van der Waals surface area contributed by atoms with E-state index in [0.717, 1.165) is 35.7 Å². The minimum atomic E-state index is -0.307. The molecule has 0 bridgehead atoms. The number of benzene rings is 1. The van der Waals surface area contributed by atoms with E-state index in [1.54, 1.807) is 30.5 Å². The summed E-state index contributed by atoms with van der Waals surface area (Å²) in [5.41, 5.74) is 2.74. The molecule has 1 aliphatic rings. The number of aryl methyl sites for hydroxylation is 1. The average molecular weight is 428 g/mol. The number of rotatable bonds is 6. The maximum atomic E-state index is 13.2. The highest BCUT2D eigenvalue weighted by molar-refractivity contribution is 7.99. The molecule has 3 aromatic rings. The fourth-order valence-electron chi connectivity index (χ4n) is 3.29. The first kappa shape index (κ1) is 20.4. The van der Waals surface area contributed by atoms with Crippen LogP contribution in [0.3, 0.4) is 0 Å². The summed E-state index contributed by atoms with van der Waals surface area (Å²) in [7, 11) is 0. The van der Waals surface area contributed by atoms with Crippen molar-refractivity contribution in [3.05, 3.63) is 65.3 Å². The normalized spacial score (nSPS) is 14.0. The van der Waals surface area contributed by atoms with Gasteiger partial charge in [-0.15, -0.1) is 0 Å². The topological polar surface area (TPSA) is 68.5 Å². The Labute approximate surface area is 178 Å². The van der Waals surface area contributed by atoms with E-state index in [0.29, 0.717) is 29.3 Å². The minimum absolute atomic E-state index is 0.000231. The minimum Gasteiger partial charge on any atom is -0.473 e. The van der Waals surface area contributed by atoms with Crippen LogP contribution < -0.4 is 4.74 Å². The molecule has 4 rings (SSSR count). The number of aromatic nitrogens is 2. The molecule has 0 atom stereocenters. The molecular formula is C22H22FN3O3S. The van der Waals surface area contributed by atoms with Crippen LogP contribution >= 0.6 is 11.8 Å². The third-order valence-corrected chi connectivity index (χ3v) is 5.90. The molecule has 1 amide bonds. The van der Waals surface area contributed by atoms with Crippen LogP contribution in [0.5, 0.6) is 5.88 Å². The van der Waals surface area contributed by atoms with Crippen molar-refractivity contribution >= 4 is 17.7 Å². The summed E-state index contributed by atoms with van der Waals surface area (Å²) in [4.78, 5) is 18.7. The van der Waals surface area contributed by atoms with Gasteiger partial charge in [0.15, 0.2) is 0 Å². The Morgan fingerprint density at radius 3 is 2.63 bits per heavy atom. The standard InChI is InChI=1S/C22H22FN3O3S/c1-2-19-18(21(25-29-19)15-3-6-17(23)7-4-15)14-28-20-8-5-16(13-24-20)22(27)26-9-11-30-12-10-26/h3-8,13H,2,9-12,14H2,1H3. The third kappa shape index (κ3) is 4.48. The maximum absolute atomic E-state index is 13.2. The van der Waals surface area contributed by atoms with Crippen molar-refractivity contribution in [1.29, 1.82) is 0 Å². The van der Waals surface area contributed by atoms with Gasteiger partial charge in [0.05, 0.1) is 11.1 Å². The van der Waals surface area contributed by atoms with Crippen LogP contribution in [0.1, 0.15) is 28.6 Å². The molecule has 2 aromatic heterocycles. The van der Waals surface area contributed by atoms with Crippen LogP contribution in [0.15, 0.2) is 47.1 Å². The molecule has 1 saturated heterocycles. The maximum Gasteiger partial charge on any atom is 0.255 e. The lowest BCUT2D eigenvalue weighted by molar-refractivity contribution is 0.0771. The number of hydrogen-bond donors (Lipinski definition) is 0. The number of carbonyl (C=O) groups is 1.